The fraction of sp³-hybridized carbons (Fsp3) is 0.357. The van der Waals surface area contributed by atoms with Crippen molar-refractivity contribution in [3.05, 3.63) is 48.3 Å². The molecule has 1 amide bonds. The lowest BCUT2D eigenvalue weighted by Gasteiger charge is -2.26. The first-order chi connectivity index (χ1) is 10.1. The summed E-state index contributed by atoms with van der Waals surface area (Å²) in [5, 5.41) is 0. The van der Waals surface area contributed by atoms with E-state index in [0.29, 0.717) is 12.2 Å². The van der Waals surface area contributed by atoms with Crippen LogP contribution in [-0.4, -0.2) is 36.8 Å². The van der Waals surface area contributed by atoms with Gasteiger partial charge in [0.05, 0.1) is 30.6 Å². The monoisotopic (exact) mass is 309 g/mol. The minimum Gasteiger partial charge on any atom is -0.467 e. The van der Waals surface area contributed by atoms with Crippen molar-refractivity contribution >= 4 is 15.7 Å². The molecule has 0 N–H and O–H groups in total. The Labute approximate surface area is 122 Å². The Hall–Kier alpha value is -2.02. The zero-order valence-corrected chi connectivity index (χ0v) is 12.1. The van der Waals surface area contributed by atoms with Crippen LogP contribution < -0.4 is 0 Å². The maximum absolute atomic E-state index is 12.5. The molecule has 0 bridgehead atoms. The van der Waals surface area contributed by atoms with Gasteiger partial charge in [-0.25, -0.2) is 8.42 Å². The molecule has 1 fully saturated rings. The number of hydrogen-bond acceptors (Lipinski definition) is 5. The molecule has 3 heterocycles. The number of hydrogen-bond donors (Lipinski definition) is 0. The van der Waals surface area contributed by atoms with Gasteiger partial charge in [0.25, 0.3) is 5.91 Å². The zero-order valence-electron chi connectivity index (χ0n) is 11.3. The first kappa shape index (κ1) is 13.9. The normalized spacial score (nSPS) is 20.5. The largest absolute Gasteiger partial charge is 0.467 e. The summed E-state index contributed by atoms with van der Waals surface area (Å²) < 4.78 is 33.7. The molecule has 0 saturated carbocycles. The molecule has 3 rings (SSSR count). The molecule has 0 spiro atoms. The molecule has 0 unspecified atom stereocenters. The maximum atomic E-state index is 12.5. The summed E-state index contributed by atoms with van der Waals surface area (Å²) in [6.07, 6.45) is 3.38. The van der Waals surface area contributed by atoms with Crippen molar-refractivity contribution in [1.82, 2.24) is 4.90 Å². The summed E-state index contributed by atoms with van der Waals surface area (Å²) in [5.74, 6) is 0.585. The highest BCUT2D eigenvalue weighted by Crippen LogP contribution is 2.22. The Morgan fingerprint density at radius 3 is 2.57 bits per heavy atom. The minimum absolute atomic E-state index is 0.0137. The third kappa shape index (κ3) is 3.02. The van der Waals surface area contributed by atoms with Gasteiger partial charge in [0, 0.05) is 6.04 Å². The Morgan fingerprint density at radius 1 is 1.24 bits per heavy atom. The van der Waals surface area contributed by atoms with Gasteiger partial charge in [-0.05, 0) is 30.7 Å². The molecule has 1 atom stereocenters. The number of amides is 1. The molecule has 2 aromatic heterocycles. The summed E-state index contributed by atoms with van der Waals surface area (Å²) in [5.41, 5.74) is 0. The highest BCUT2D eigenvalue weighted by molar-refractivity contribution is 7.91. The molecule has 1 aliphatic heterocycles. The van der Waals surface area contributed by atoms with Crippen LogP contribution >= 0.6 is 0 Å². The van der Waals surface area contributed by atoms with Gasteiger partial charge in [-0.2, -0.15) is 0 Å². The molecule has 0 aromatic carbocycles. The van der Waals surface area contributed by atoms with Crippen molar-refractivity contribution in [3.63, 3.8) is 0 Å². The molecular weight excluding hydrogens is 294 g/mol. The quantitative estimate of drug-likeness (QED) is 0.858. The van der Waals surface area contributed by atoms with Crippen LogP contribution in [0.3, 0.4) is 0 Å². The number of nitrogens with zero attached hydrogens (tertiary/aromatic N) is 1. The van der Waals surface area contributed by atoms with Gasteiger partial charge in [0.15, 0.2) is 15.6 Å². The van der Waals surface area contributed by atoms with E-state index in [1.807, 2.05) is 0 Å². The van der Waals surface area contributed by atoms with Crippen molar-refractivity contribution in [2.45, 2.75) is 19.0 Å². The molecule has 21 heavy (non-hydrogen) atoms. The van der Waals surface area contributed by atoms with Gasteiger partial charge >= 0.3 is 0 Å². The topological polar surface area (TPSA) is 80.7 Å². The van der Waals surface area contributed by atoms with E-state index in [4.69, 9.17) is 8.83 Å². The van der Waals surface area contributed by atoms with E-state index in [1.165, 1.54) is 17.4 Å². The molecule has 0 aliphatic carbocycles. The van der Waals surface area contributed by atoms with E-state index in [0.717, 1.165) is 0 Å². The molecule has 1 aliphatic rings. The summed E-state index contributed by atoms with van der Waals surface area (Å²) in [6, 6.07) is 6.34. The van der Waals surface area contributed by atoms with Crippen LogP contribution in [0.1, 0.15) is 22.7 Å². The van der Waals surface area contributed by atoms with Crippen LogP contribution in [0.5, 0.6) is 0 Å². The lowest BCUT2D eigenvalue weighted by Crippen LogP contribution is -2.40. The van der Waals surface area contributed by atoms with E-state index >= 15 is 0 Å². The molecule has 1 saturated heterocycles. The Balaban J connectivity index is 1.86. The Bertz CT molecular complexity index is 703. The van der Waals surface area contributed by atoms with E-state index in [1.54, 1.807) is 24.3 Å². The molecule has 6 nitrogen and oxygen atoms in total. The van der Waals surface area contributed by atoms with Crippen LogP contribution in [0.25, 0.3) is 0 Å². The first-order valence-electron chi connectivity index (χ1n) is 6.62. The number of rotatable bonds is 4. The molecule has 2 aromatic rings. The smallest absolute Gasteiger partial charge is 0.290 e. The summed E-state index contributed by atoms with van der Waals surface area (Å²) in [6.45, 7) is 0.229. The van der Waals surface area contributed by atoms with Gasteiger partial charge in [0.1, 0.15) is 5.76 Å². The second-order valence-corrected chi connectivity index (χ2v) is 7.28. The highest BCUT2D eigenvalue weighted by atomic mass is 32.2. The predicted molar refractivity (Wildman–Crippen MR) is 74.3 cm³/mol. The first-order valence-corrected chi connectivity index (χ1v) is 8.44. The SMILES string of the molecule is O=C(c1ccco1)N(Cc1ccco1)[C@@H]1CCS(=O)(=O)C1. The van der Waals surface area contributed by atoms with Crippen molar-refractivity contribution in [1.29, 1.82) is 0 Å². The second-order valence-electron chi connectivity index (χ2n) is 5.05. The lowest BCUT2D eigenvalue weighted by atomic mass is 10.2. The van der Waals surface area contributed by atoms with Gasteiger partial charge in [-0.1, -0.05) is 0 Å². The standard InChI is InChI=1S/C14H15NO5S/c16-14(13-4-2-7-20-13)15(9-12-3-1-6-19-12)11-5-8-21(17,18)10-11/h1-4,6-7,11H,5,8-10H2/t11-/m1/s1. The number of carbonyl (C=O) groups is 1. The van der Waals surface area contributed by atoms with Crippen LogP contribution in [0.15, 0.2) is 45.6 Å². The molecular formula is C14H15NO5S. The number of carbonyl (C=O) groups excluding carboxylic acids is 1. The summed E-state index contributed by atoms with van der Waals surface area (Å²) in [7, 11) is -3.08. The van der Waals surface area contributed by atoms with Crippen molar-refractivity contribution in [2.75, 3.05) is 11.5 Å². The Morgan fingerprint density at radius 2 is 2.00 bits per heavy atom. The van der Waals surface area contributed by atoms with E-state index in [2.05, 4.69) is 0 Å². The number of sulfone groups is 1. The predicted octanol–water partition coefficient (Wildman–Crippen LogP) is 1.70. The van der Waals surface area contributed by atoms with Crippen molar-refractivity contribution in [2.24, 2.45) is 0 Å². The van der Waals surface area contributed by atoms with E-state index in [-0.39, 0.29) is 35.8 Å². The summed E-state index contributed by atoms with van der Waals surface area (Å²) >= 11 is 0. The van der Waals surface area contributed by atoms with Crippen molar-refractivity contribution < 1.29 is 22.0 Å². The van der Waals surface area contributed by atoms with Crippen LogP contribution in [0, 0.1) is 0 Å². The molecule has 112 valence electrons. The maximum Gasteiger partial charge on any atom is 0.290 e. The van der Waals surface area contributed by atoms with Gasteiger partial charge in [-0.15, -0.1) is 0 Å². The van der Waals surface area contributed by atoms with Crippen LogP contribution in [-0.2, 0) is 16.4 Å². The van der Waals surface area contributed by atoms with Gasteiger partial charge < -0.3 is 13.7 Å². The van der Waals surface area contributed by atoms with Crippen LogP contribution in [0.2, 0.25) is 0 Å². The second kappa shape index (κ2) is 5.40. The average Bonchev–Trinajstić information content (AvgIpc) is 3.16. The third-order valence-corrected chi connectivity index (χ3v) is 5.30. The zero-order chi connectivity index (χ0) is 14.9. The van der Waals surface area contributed by atoms with Crippen LogP contribution in [0.4, 0.5) is 0 Å². The highest BCUT2D eigenvalue weighted by Gasteiger charge is 2.36. The third-order valence-electron chi connectivity index (χ3n) is 3.55. The van der Waals surface area contributed by atoms with E-state index < -0.39 is 9.84 Å². The number of furan rings is 2. The fourth-order valence-electron chi connectivity index (χ4n) is 2.50. The van der Waals surface area contributed by atoms with Crippen molar-refractivity contribution in [3.8, 4) is 0 Å². The Kier molecular flexibility index (Phi) is 3.59. The van der Waals surface area contributed by atoms with Gasteiger partial charge in [-0.3, -0.25) is 4.79 Å². The van der Waals surface area contributed by atoms with Gasteiger partial charge in [0.2, 0.25) is 0 Å². The minimum atomic E-state index is -3.08. The molecule has 0 radical (unpaired) electrons. The fourth-order valence-corrected chi connectivity index (χ4v) is 4.23. The average molecular weight is 309 g/mol. The lowest BCUT2D eigenvalue weighted by molar-refractivity contribution is 0.0633. The van der Waals surface area contributed by atoms with E-state index in [9.17, 15) is 13.2 Å². The summed E-state index contributed by atoms with van der Waals surface area (Å²) in [4.78, 5) is 14.0. The molecule has 7 heteroatoms.